The zero-order valence-electron chi connectivity index (χ0n) is 19.0. The van der Waals surface area contributed by atoms with Gasteiger partial charge in [-0.05, 0) is 0 Å². The number of benzene rings is 1. The molecule has 0 heterocycles. The normalized spacial score (nSPS) is 8.78. The molecule has 6 heteroatoms. The molecule has 147 valence electrons. The van der Waals surface area contributed by atoms with E-state index in [0.717, 1.165) is 0 Å². The summed E-state index contributed by atoms with van der Waals surface area (Å²) in [6.07, 6.45) is 8.85. The van der Waals surface area contributed by atoms with Gasteiger partial charge in [0.1, 0.15) is 0 Å². The number of unbranched alkanes of at least 4 members (excludes halogenated alkanes) is 3. The molecule has 1 aromatic rings. The van der Waals surface area contributed by atoms with Crippen molar-refractivity contribution >= 4 is 33.7 Å². The first-order valence-electron chi connectivity index (χ1n) is 9.57. The first-order chi connectivity index (χ1) is 11.7. The summed E-state index contributed by atoms with van der Waals surface area (Å²) < 4.78 is 5.04. The van der Waals surface area contributed by atoms with Crippen LogP contribution in [0.25, 0.3) is 0 Å². The van der Waals surface area contributed by atoms with Crippen LogP contribution in [0.2, 0.25) is 26.4 Å². The van der Waals surface area contributed by atoms with Crippen molar-refractivity contribution in [2.75, 3.05) is 0 Å². The van der Waals surface area contributed by atoms with Crippen LogP contribution in [0.15, 0.2) is 30.3 Å². The Bertz CT molecular complexity index is 362. The molecular formula is C21H38CuLi2NSiSn+. The standard InChI is InChI=1S/C8H11Si.3C4H9.CN.Cu.2Li.Sn/c1-9(2)8-6-4-3-5-7-8;3*1-3-4-2;1-2;;;;/h3-7H,1-2H3;3*1,3-4H2,2H3;;;;;/q;;;;-1;;2*+1;. The fourth-order valence-electron chi connectivity index (χ4n) is 2.43. The predicted molar refractivity (Wildman–Crippen MR) is 113 cm³/mol. The van der Waals surface area contributed by atoms with E-state index in [9.17, 15) is 0 Å². The van der Waals surface area contributed by atoms with Gasteiger partial charge >= 0.3 is 130 Å². The molecule has 0 amide bonds. The van der Waals surface area contributed by atoms with E-state index in [1.165, 1.54) is 43.7 Å². The molecule has 1 nitrogen and oxygen atoms in total. The molecule has 0 N–H and O–H groups in total. The van der Waals surface area contributed by atoms with Gasteiger partial charge in [0.25, 0.3) is 0 Å². The molecule has 0 aromatic heterocycles. The van der Waals surface area contributed by atoms with Gasteiger partial charge < -0.3 is 11.8 Å². The minimum Gasteiger partial charge on any atom is -0.512 e. The summed E-state index contributed by atoms with van der Waals surface area (Å²) >= 11 is -0.839. The van der Waals surface area contributed by atoms with Gasteiger partial charge in [-0.25, -0.2) is 0 Å². The number of hydrogen-bond acceptors (Lipinski definition) is 1. The number of hydrogen-bond donors (Lipinski definition) is 0. The van der Waals surface area contributed by atoms with E-state index in [1.807, 2.05) is 0 Å². The minimum atomic E-state index is -0.839. The van der Waals surface area contributed by atoms with E-state index in [2.05, 4.69) is 64.2 Å². The summed E-state index contributed by atoms with van der Waals surface area (Å²) in [5.74, 6) is 0. The Morgan fingerprint density at radius 1 is 0.778 bits per heavy atom. The summed E-state index contributed by atoms with van der Waals surface area (Å²) in [6.45, 7) is 16.4. The monoisotopic (exact) mass is 529 g/mol. The van der Waals surface area contributed by atoms with Crippen molar-refractivity contribution in [1.82, 2.24) is 0 Å². The molecule has 27 heavy (non-hydrogen) atoms. The SMILES string of the molecule is CCC[CH2][Sn]([CH2]CCC)[CH2]CCC.C[Si](C)c1ccccc1.[C-]#N.[Cu].[Li+].[Li+]. The maximum absolute atomic E-state index is 6.25. The third-order valence-electron chi connectivity index (χ3n) is 4.00. The molecule has 1 aromatic carbocycles. The van der Waals surface area contributed by atoms with Crippen molar-refractivity contribution in [3.8, 4) is 0 Å². The van der Waals surface area contributed by atoms with Gasteiger partial charge in [-0.2, -0.15) is 0 Å². The van der Waals surface area contributed by atoms with Crippen LogP contribution in [0.1, 0.15) is 59.3 Å². The Morgan fingerprint density at radius 2 is 1.11 bits per heavy atom. The van der Waals surface area contributed by atoms with Crippen molar-refractivity contribution in [1.29, 1.82) is 5.26 Å². The van der Waals surface area contributed by atoms with Crippen LogP contribution in [-0.2, 0) is 17.1 Å². The van der Waals surface area contributed by atoms with Crippen molar-refractivity contribution in [3.05, 3.63) is 36.9 Å². The Balaban J connectivity index is -0.000000102. The first-order valence-corrected chi connectivity index (χ1v) is 18.1. The summed E-state index contributed by atoms with van der Waals surface area (Å²) in [4.78, 5) is 0. The average Bonchev–Trinajstić information content (AvgIpc) is 2.64. The summed E-state index contributed by atoms with van der Waals surface area (Å²) in [6, 6.07) is 10.7. The van der Waals surface area contributed by atoms with Gasteiger partial charge in [-0.15, -0.1) is 0 Å². The first kappa shape index (κ1) is 39.0. The third kappa shape index (κ3) is 27.4. The molecule has 0 unspecified atom stereocenters. The van der Waals surface area contributed by atoms with Gasteiger partial charge in [0.2, 0.25) is 0 Å². The van der Waals surface area contributed by atoms with E-state index in [4.69, 9.17) is 11.8 Å². The predicted octanol–water partition coefficient (Wildman–Crippen LogP) is 0.631. The van der Waals surface area contributed by atoms with Gasteiger partial charge in [0, 0.05) is 17.1 Å². The minimum absolute atomic E-state index is 0. The molecule has 0 fully saturated rings. The van der Waals surface area contributed by atoms with Crippen LogP contribution in [-0.4, -0.2) is 28.6 Å². The van der Waals surface area contributed by atoms with E-state index < -0.39 is 19.8 Å². The fraction of sp³-hybridized carbons (Fsp3) is 0.667. The Labute approximate surface area is 214 Å². The van der Waals surface area contributed by atoms with E-state index in [1.54, 1.807) is 13.3 Å². The molecule has 0 bridgehead atoms. The Morgan fingerprint density at radius 3 is 1.33 bits per heavy atom. The third-order valence-corrected chi connectivity index (χ3v) is 14.6. The van der Waals surface area contributed by atoms with Crippen molar-refractivity contribution in [3.63, 3.8) is 0 Å². The summed E-state index contributed by atoms with van der Waals surface area (Å²) in [5.41, 5.74) is 0. The molecule has 0 spiro atoms. The summed E-state index contributed by atoms with van der Waals surface area (Å²) in [7, 11) is -0.212. The van der Waals surface area contributed by atoms with Crippen LogP contribution < -0.4 is 42.9 Å². The van der Waals surface area contributed by atoms with E-state index >= 15 is 0 Å². The zero-order valence-corrected chi connectivity index (χ0v) is 23.8. The molecule has 3 radical (unpaired) electrons. The number of rotatable bonds is 10. The molecule has 0 aliphatic carbocycles. The topological polar surface area (TPSA) is 23.8 Å². The fourth-order valence-corrected chi connectivity index (χ4v) is 12.7. The van der Waals surface area contributed by atoms with Crippen LogP contribution in [0, 0.1) is 11.8 Å². The Hall–Kier alpha value is 1.44. The zero-order chi connectivity index (χ0) is 18.6. The second-order valence-corrected chi connectivity index (χ2v) is 17.6. The van der Waals surface area contributed by atoms with Crippen LogP contribution in [0.3, 0.4) is 0 Å². The van der Waals surface area contributed by atoms with E-state index in [0.29, 0.717) is 0 Å². The quantitative estimate of drug-likeness (QED) is 0.323. The molecule has 0 aliphatic heterocycles. The molecular weight excluding hydrogens is 490 g/mol. The molecule has 0 aliphatic rings. The van der Waals surface area contributed by atoms with Crippen LogP contribution >= 0.6 is 0 Å². The molecule has 1 rings (SSSR count). The Kier molecular flexibility index (Phi) is 46.4. The van der Waals surface area contributed by atoms with Gasteiger partial charge in [0.15, 0.2) is 0 Å². The van der Waals surface area contributed by atoms with Crippen molar-refractivity contribution in [2.24, 2.45) is 0 Å². The van der Waals surface area contributed by atoms with Crippen LogP contribution in [0.5, 0.6) is 0 Å². The largest absolute Gasteiger partial charge is 1.00 e. The maximum Gasteiger partial charge on any atom is 1.00 e. The molecule has 0 saturated carbocycles. The average molecular weight is 529 g/mol. The second-order valence-electron chi connectivity index (χ2n) is 6.43. The molecule has 0 atom stereocenters. The van der Waals surface area contributed by atoms with Crippen molar-refractivity contribution < 1.29 is 54.8 Å². The summed E-state index contributed by atoms with van der Waals surface area (Å²) in [5, 5.41) is 7.77. The van der Waals surface area contributed by atoms with Crippen molar-refractivity contribution in [2.45, 2.75) is 85.7 Å². The molecule has 0 saturated heterocycles. The number of nitrogens with zero attached hydrogens (tertiary/aromatic N) is 1. The van der Waals surface area contributed by atoms with E-state index in [-0.39, 0.29) is 63.6 Å². The van der Waals surface area contributed by atoms with Gasteiger partial charge in [0.05, 0.1) is 8.80 Å². The smallest absolute Gasteiger partial charge is 0.512 e. The van der Waals surface area contributed by atoms with Crippen LogP contribution in [0.4, 0.5) is 0 Å². The van der Waals surface area contributed by atoms with Gasteiger partial charge in [-0.3, -0.25) is 0 Å². The van der Waals surface area contributed by atoms with Gasteiger partial charge in [-0.1, -0.05) is 48.6 Å². The maximum atomic E-state index is 6.25. The second kappa shape index (κ2) is 32.1.